The molecule has 0 heterocycles. The van der Waals surface area contributed by atoms with Gasteiger partial charge in [0.15, 0.2) is 16.1 Å². The zero-order valence-corrected chi connectivity index (χ0v) is 20.3. The van der Waals surface area contributed by atoms with E-state index in [1.165, 1.54) is 69.0 Å². The van der Waals surface area contributed by atoms with Crippen LogP contribution in [0.1, 0.15) is 104 Å². The minimum Gasteiger partial charge on any atom is -0.437 e. The fraction of sp³-hybridized carbons (Fsp3) is 0.708. The van der Waals surface area contributed by atoms with Crippen molar-refractivity contribution in [1.82, 2.24) is 0 Å². The first-order valence-electron chi connectivity index (χ1n) is 11.2. The number of carbonyl (C=O) groups is 1. The highest BCUT2D eigenvalue weighted by Gasteiger charge is 2.19. The standard InChI is InChI=1S/C24H42O3Si/c1-6-7-8-9-10-11-12-13-14-19-23(26-20(2)25)27-28-22-18-16-15-17-21(22)24(3,4)5/h15-18,23H,6-14,19,28H2,1-5H3. The van der Waals surface area contributed by atoms with E-state index in [9.17, 15) is 4.79 Å². The molecule has 28 heavy (non-hydrogen) atoms. The second kappa shape index (κ2) is 13.9. The van der Waals surface area contributed by atoms with Gasteiger partial charge in [-0.05, 0) is 22.6 Å². The summed E-state index contributed by atoms with van der Waals surface area (Å²) in [7, 11) is -0.944. The van der Waals surface area contributed by atoms with Gasteiger partial charge >= 0.3 is 5.97 Å². The van der Waals surface area contributed by atoms with E-state index in [0.717, 1.165) is 12.8 Å². The van der Waals surface area contributed by atoms with Gasteiger partial charge in [0, 0.05) is 13.3 Å². The highest BCUT2D eigenvalue weighted by atomic mass is 28.2. The van der Waals surface area contributed by atoms with Gasteiger partial charge in [0.25, 0.3) is 0 Å². The Labute approximate surface area is 175 Å². The Morgan fingerprint density at radius 1 is 0.964 bits per heavy atom. The number of ether oxygens (including phenoxy) is 1. The molecule has 0 aromatic heterocycles. The normalized spacial score (nSPS) is 13.2. The summed E-state index contributed by atoms with van der Waals surface area (Å²) in [5, 5.41) is 1.30. The monoisotopic (exact) mass is 406 g/mol. The van der Waals surface area contributed by atoms with Gasteiger partial charge in [-0.1, -0.05) is 103 Å². The van der Waals surface area contributed by atoms with Gasteiger partial charge in [-0.2, -0.15) is 0 Å². The van der Waals surface area contributed by atoms with Gasteiger partial charge in [0.2, 0.25) is 0 Å². The van der Waals surface area contributed by atoms with Crippen LogP contribution in [0.5, 0.6) is 0 Å². The largest absolute Gasteiger partial charge is 0.437 e. The van der Waals surface area contributed by atoms with Crippen LogP contribution in [0.15, 0.2) is 24.3 Å². The lowest BCUT2D eigenvalue weighted by molar-refractivity contribution is -0.161. The zero-order chi connectivity index (χ0) is 20.8. The van der Waals surface area contributed by atoms with Crippen LogP contribution in [0.2, 0.25) is 0 Å². The summed E-state index contributed by atoms with van der Waals surface area (Å²) in [6.45, 7) is 10.4. The van der Waals surface area contributed by atoms with Crippen LogP contribution in [-0.2, 0) is 19.4 Å². The molecule has 0 bridgehead atoms. The van der Waals surface area contributed by atoms with E-state index in [4.69, 9.17) is 9.16 Å². The fourth-order valence-electron chi connectivity index (χ4n) is 3.54. The smallest absolute Gasteiger partial charge is 0.304 e. The van der Waals surface area contributed by atoms with Crippen molar-refractivity contribution in [2.45, 2.75) is 111 Å². The van der Waals surface area contributed by atoms with Gasteiger partial charge in [-0.15, -0.1) is 0 Å². The Kier molecular flexibility index (Phi) is 12.4. The van der Waals surface area contributed by atoms with Crippen LogP contribution in [0.25, 0.3) is 0 Å². The highest BCUT2D eigenvalue weighted by Crippen LogP contribution is 2.20. The van der Waals surface area contributed by atoms with E-state index in [0.29, 0.717) is 0 Å². The third-order valence-electron chi connectivity index (χ3n) is 5.09. The van der Waals surface area contributed by atoms with Crippen LogP contribution in [0, 0.1) is 0 Å². The summed E-state index contributed by atoms with van der Waals surface area (Å²) in [5.41, 5.74) is 1.44. The van der Waals surface area contributed by atoms with E-state index in [1.807, 2.05) is 0 Å². The van der Waals surface area contributed by atoms with Crippen molar-refractivity contribution in [2.75, 3.05) is 0 Å². The second-order valence-electron chi connectivity index (χ2n) is 8.87. The molecule has 0 aliphatic carbocycles. The van der Waals surface area contributed by atoms with Gasteiger partial charge in [-0.3, -0.25) is 4.79 Å². The SMILES string of the molecule is CCCCCCCCCCCC(O[SiH2]c1ccccc1C(C)(C)C)OC(C)=O. The summed E-state index contributed by atoms with van der Waals surface area (Å²) >= 11 is 0. The quantitative estimate of drug-likeness (QED) is 0.177. The summed E-state index contributed by atoms with van der Waals surface area (Å²) in [5.74, 6) is -0.251. The van der Waals surface area contributed by atoms with Crippen LogP contribution in [0.4, 0.5) is 0 Å². The third kappa shape index (κ3) is 11.0. The molecule has 0 aliphatic heterocycles. The number of esters is 1. The molecule has 3 nitrogen and oxygen atoms in total. The number of benzene rings is 1. The van der Waals surface area contributed by atoms with Crippen molar-refractivity contribution in [2.24, 2.45) is 0 Å². The maximum atomic E-state index is 11.5. The van der Waals surface area contributed by atoms with Crippen molar-refractivity contribution in [3.05, 3.63) is 29.8 Å². The third-order valence-corrected chi connectivity index (χ3v) is 6.56. The Balaban J connectivity index is 2.39. The predicted octanol–water partition coefficient (Wildman–Crippen LogP) is 5.52. The molecule has 0 spiro atoms. The van der Waals surface area contributed by atoms with E-state index < -0.39 is 9.76 Å². The molecule has 0 saturated carbocycles. The van der Waals surface area contributed by atoms with Gasteiger partial charge in [0.1, 0.15) is 0 Å². The second-order valence-corrected chi connectivity index (χ2v) is 10.3. The summed E-state index contributed by atoms with van der Waals surface area (Å²) in [4.78, 5) is 11.5. The molecular weight excluding hydrogens is 364 g/mol. The van der Waals surface area contributed by atoms with Crippen LogP contribution in [0.3, 0.4) is 0 Å². The molecule has 1 aromatic carbocycles. The van der Waals surface area contributed by atoms with E-state index in [2.05, 4.69) is 52.0 Å². The average molecular weight is 407 g/mol. The molecule has 0 fully saturated rings. The Morgan fingerprint density at radius 2 is 1.54 bits per heavy atom. The lowest BCUT2D eigenvalue weighted by Crippen LogP contribution is -2.32. The average Bonchev–Trinajstić information content (AvgIpc) is 2.63. The molecule has 4 heteroatoms. The minimum absolute atomic E-state index is 0.0982. The highest BCUT2D eigenvalue weighted by molar-refractivity contribution is 6.47. The van der Waals surface area contributed by atoms with E-state index >= 15 is 0 Å². The van der Waals surface area contributed by atoms with Crippen LogP contribution < -0.4 is 5.19 Å². The molecule has 0 aliphatic rings. The summed E-state index contributed by atoms with van der Waals surface area (Å²) in [6.07, 6.45) is 12.0. The maximum absolute atomic E-state index is 11.5. The summed E-state index contributed by atoms with van der Waals surface area (Å²) in [6, 6.07) is 8.51. The molecule has 160 valence electrons. The molecule has 1 atom stereocenters. The lowest BCUT2D eigenvalue weighted by atomic mass is 9.87. The zero-order valence-electron chi connectivity index (χ0n) is 18.9. The van der Waals surface area contributed by atoms with Crippen LogP contribution >= 0.6 is 0 Å². The van der Waals surface area contributed by atoms with Crippen molar-refractivity contribution in [1.29, 1.82) is 0 Å². The molecule has 0 amide bonds. The number of hydrogen-bond donors (Lipinski definition) is 0. The number of unbranched alkanes of at least 4 members (excludes halogenated alkanes) is 8. The maximum Gasteiger partial charge on any atom is 0.304 e. The first kappa shape index (κ1) is 24.9. The Morgan fingerprint density at radius 3 is 2.11 bits per heavy atom. The molecule has 0 radical (unpaired) electrons. The van der Waals surface area contributed by atoms with Crippen molar-refractivity contribution in [3.63, 3.8) is 0 Å². The fourth-order valence-corrected chi connectivity index (χ4v) is 5.18. The topological polar surface area (TPSA) is 35.5 Å². The lowest BCUT2D eigenvalue weighted by Gasteiger charge is -2.24. The first-order chi connectivity index (χ1) is 13.3. The number of carbonyl (C=O) groups excluding carboxylic acids is 1. The van der Waals surface area contributed by atoms with E-state index in [-0.39, 0.29) is 17.7 Å². The Hall–Kier alpha value is -1.13. The summed E-state index contributed by atoms with van der Waals surface area (Å²) < 4.78 is 11.6. The molecule has 1 rings (SSSR count). The molecule has 1 aromatic rings. The van der Waals surface area contributed by atoms with Crippen LogP contribution in [-0.4, -0.2) is 22.0 Å². The number of hydrogen-bond acceptors (Lipinski definition) is 3. The molecule has 1 unspecified atom stereocenters. The van der Waals surface area contributed by atoms with Gasteiger partial charge in [0.05, 0.1) is 0 Å². The van der Waals surface area contributed by atoms with Crippen molar-refractivity contribution >= 4 is 20.9 Å². The van der Waals surface area contributed by atoms with Gasteiger partial charge in [-0.25, -0.2) is 0 Å². The van der Waals surface area contributed by atoms with Crippen molar-refractivity contribution in [3.8, 4) is 0 Å². The minimum atomic E-state index is -0.944. The number of rotatable bonds is 14. The Bertz CT molecular complexity index is 551. The predicted molar refractivity (Wildman–Crippen MR) is 122 cm³/mol. The molecular formula is C24H42O3Si. The molecule has 0 saturated heterocycles. The van der Waals surface area contributed by atoms with E-state index in [1.54, 1.807) is 0 Å². The van der Waals surface area contributed by atoms with Gasteiger partial charge < -0.3 is 9.16 Å². The first-order valence-corrected chi connectivity index (χ1v) is 12.5. The van der Waals surface area contributed by atoms with Crippen molar-refractivity contribution < 1.29 is 14.0 Å². The molecule has 0 N–H and O–H groups in total.